The number of aliphatic hydroxyl groups is 1. The Balaban J connectivity index is 2.33. The normalized spacial score (nSPS) is 15.1. The first-order chi connectivity index (χ1) is 7.59. The Kier molecular flexibility index (Phi) is 5.38. The highest BCUT2D eigenvalue weighted by atomic mass is 16.3. The van der Waals surface area contributed by atoms with E-state index in [2.05, 4.69) is 10.3 Å². The molecule has 0 saturated carbocycles. The molecule has 1 unspecified atom stereocenters. The quantitative estimate of drug-likeness (QED) is 0.743. The van der Waals surface area contributed by atoms with Crippen molar-refractivity contribution < 1.29 is 5.11 Å². The van der Waals surface area contributed by atoms with Gasteiger partial charge in [0.25, 0.3) is 0 Å². The van der Waals surface area contributed by atoms with Crippen LogP contribution in [0, 0.1) is 0 Å². The highest BCUT2D eigenvalue weighted by molar-refractivity contribution is 5.07. The number of nitrogens with zero attached hydrogens (tertiary/aromatic N) is 2. The fourth-order valence-electron chi connectivity index (χ4n) is 1.54. The fraction of sp³-hybridized carbons (Fsp3) is 0.583. The van der Waals surface area contributed by atoms with Crippen LogP contribution in [0.25, 0.3) is 0 Å². The van der Waals surface area contributed by atoms with Crippen LogP contribution in [0.5, 0.6) is 0 Å². The highest BCUT2D eigenvalue weighted by Gasteiger charge is 2.09. The molecule has 16 heavy (non-hydrogen) atoms. The molecule has 0 spiro atoms. The summed E-state index contributed by atoms with van der Waals surface area (Å²) >= 11 is 0. The van der Waals surface area contributed by atoms with Crippen molar-refractivity contribution in [2.24, 2.45) is 0 Å². The van der Waals surface area contributed by atoms with E-state index in [1.165, 1.54) is 0 Å². The molecule has 90 valence electrons. The van der Waals surface area contributed by atoms with Crippen molar-refractivity contribution in [1.82, 2.24) is 15.2 Å². The Morgan fingerprint density at radius 2 is 2.19 bits per heavy atom. The van der Waals surface area contributed by atoms with Crippen LogP contribution < -0.4 is 5.32 Å². The summed E-state index contributed by atoms with van der Waals surface area (Å²) in [5.74, 6) is 0. The van der Waals surface area contributed by atoms with Gasteiger partial charge in [-0.05, 0) is 33.2 Å². The Morgan fingerprint density at radius 1 is 1.44 bits per heavy atom. The van der Waals surface area contributed by atoms with E-state index in [4.69, 9.17) is 0 Å². The lowest BCUT2D eigenvalue weighted by Crippen LogP contribution is -2.36. The van der Waals surface area contributed by atoms with E-state index in [0.717, 1.165) is 5.69 Å². The number of likely N-dealkylation sites (N-methyl/N-ethyl adjacent to an activating group) is 1. The first-order valence-corrected chi connectivity index (χ1v) is 5.56. The van der Waals surface area contributed by atoms with Gasteiger partial charge in [-0.25, -0.2) is 0 Å². The van der Waals surface area contributed by atoms with Gasteiger partial charge in [-0.2, -0.15) is 0 Å². The third kappa shape index (κ3) is 4.70. The summed E-state index contributed by atoms with van der Waals surface area (Å²) in [6.07, 6.45) is 1.44. The maximum atomic E-state index is 9.69. The number of aliphatic hydroxyl groups excluding tert-OH is 1. The maximum Gasteiger partial charge on any atom is 0.0791 e. The van der Waals surface area contributed by atoms with Crippen molar-refractivity contribution >= 4 is 0 Å². The standard InChI is InChI=1S/C12H21N3O/c1-10(12-6-4-5-7-13-12)14-8-11(16)9-15(2)3/h4-7,10-11,14,16H,8-9H2,1-3H3/t10-,11?/m0/s1. The van der Waals surface area contributed by atoms with E-state index in [-0.39, 0.29) is 12.1 Å². The molecule has 4 heteroatoms. The van der Waals surface area contributed by atoms with Gasteiger partial charge in [-0.15, -0.1) is 0 Å². The molecule has 0 amide bonds. The zero-order valence-corrected chi connectivity index (χ0v) is 10.2. The smallest absolute Gasteiger partial charge is 0.0791 e. The molecule has 0 aliphatic rings. The van der Waals surface area contributed by atoms with Gasteiger partial charge in [-0.1, -0.05) is 6.07 Å². The summed E-state index contributed by atoms with van der Waals surface area (Å²) in [5.41, 5.74) is 1.000. The molecule has 4 nitrogen and oxygen atoms in total. The number of aromatic nitrogens is 1. The minimum absolute atomic E-state index is 0.165. The summed E-state index contributed by atoms with van der Waals surface area (Å²) in [7, 11) is 3.90. The number of pyridine rings is 1. The van der Waals surface area contributed by atoms with Crippen molar-refractivity contribution in [1.29, 1.82) is 0 Å². The van der Waals surface area contributed by atoms with E-state index >= 15 is 0 Å². The van der Waals surface area contributed by atoms with E-state index in [1.807, 2.05) is 44.1 Å². The van der Waals surface area contributed by atoms with Crippen molar-refractivity contribution in [3.8, 4) is 0 Å². The molecular weight excluding hydrogens is 202 g/mol. The zero-order valence-electron chi connectivity index (χ0n) is 10.2. The second-order valence-corrected chi connectivity index (χ2v) is 4.30. The lowest BCUT2D eigenvalue weighted by molar-refractivity contribution is 0.132. The number of nitrogens with one attached hydrogen (secondary N) is 1. The topological polar surface area (TPSA) is 48.4 Å². The summed E-state index contributed by atoms with van der Waals surface area (Å²) in [6, 6.07) is 6.02. The predicted molar refractivity (Wildman–Crippen MR) is 65.2 cm³/mol. The first kappa shape index (κ1) is 13.1. The van der Waals surface area contributed by atoms with Gasteiger partial charge in [-0.3, -0.25) is 4.98 Å². The average Bonchev–Trinajstić information content (AvgIpc) is 2.26. The summed E-state index contributed by atoms with van der Waals surface area (Å²) in [5, 5.41) is 13.0. The molecule has 1 aromatic heterocycles. The van der Waals surface area contributed by atoms with Crippen molar-refractivity contribution in [2.75, 3.05) is 27.2 Å². The summed E-state index contributed by atoms with van der Waals surface area (Å²) < 4.78 is 0. The maximum absolute atomic E-state index is 9.69. The second kappa shape index (κ2) is 6.58. The Morgan fingerprint density at radius 3 is 2.75 bits per heavy atom. The third-order valence-corrected chi connectivity index (χ3v) is 2.37. The Labute approximate surface area is 97.3 Å². The number of rotatable bonds is 6. The van der Waals surface area contributed by atoms with E-state index in [1.54, 1.807) is 6.20 Å². The highest BCUT2D eigenvalue weighted by Crippen LogP contribution is 2.07. The van der Waals surface area contributed by atoms with Gasteiger partial charge < -0.3 is 15.3 Å². The van der Waals surface area contributed by atoms with Crippen LogP contribution in [0.3, 0.4) is 0 Å². The Bertz CT molecular complexity index is 290. The lowest BCUT2D eigenvalue weighted by Gasteiger charge is -2.19. The number of hydrogen-bond donors (Lipinski definition) is 2. The largest absolute Gasteiger partial charge is 0.390 e. The molecule has 2 N–H and O–H groups in total. The summed E-state index contributed by atoms with van der Waals surface area (Å²) in [6.45, 7) is 3.29. The molecule has 2 atom stereocenters. The second-order valence-electron chi connectivity index (χ2n) is 4.30. The van der Waals surface area contributed by atoms with Crippen molar-refractivity contribution in [2.45, 2.75) is 19.1 Å². The number of hydrogen-bond acceptors (Lipinski definition) is 4. The minimum atomic E-state index is -0.346. The SMILES string of the molecule is C[C@H](NCC(O)CN(C)C)c1ccccn1. The molecule has 0 fully saturated rings. The molecule has 1 heterocycles. The van der Waals surface area contributed by atoms with E-state index in [0.29, 0.717) is 13.1 Å². The average molecular weight is 223 g/mol. The van der Waals surface area contributed by atoms with Crippen molar-refractivity contribution in [3.63, 3.8) is 0 Å². The monoisotopic (exact) mass is 223 g/mol. The first-order valence-electron chi connectivity index (χ1n) is 5.56. The minimum Gasteiger partial charge on any atom is -0.390 e. The van der Waals surface area contributed by atoms with Gasteiger partial charge in [0, 0.05) is 25.3 Å². The van der Waals surface area contributed by atoms with Crippen LogP contribution in [0.4, 0.5) is 0 Å². The summed E-state index contributed by atoms with van der Waals surface area (Å²) in [4.78, 5) is 6.23. The third-order valence-electron chi connectivity index (χ3n) is 2.37. The van der Waals surface area contributed by atoms with Gasteiger partial charge in [0.05, 0.1) is 11.8 Å². The van der Waals surface area contributed by atoms with Crippen LogP contribution in [0.15, 0.2) is 24.4 Å². The van der Waals surface area contributed by atoms with Crippen LogP contribution in [-0.4, -0.2) is 48.3 Å². The lowest BCUT2D eigenvalue weighted by atomic mass is 10.2. The van der Waals surface area contributed by atoms with Gasteiger partial charge >= 0.3 is 0 Å². The molecule has 0 radical (unpaired) electrons. The molecular formula is C12H21N3O. The van der Waals surface area contributed by atoms with Crippen LogP contribution >= 0.6 is 0 Å². The molecule has 0 aromatic carbocycles. The molecule has 0 aliphatic heterocycles. The van der Waals surface area contributed by atoms with Crippen LogP contribution in [0.2, 0.25) is 0 Å². The molecule has 0 bridgehead atoms. The van der Waals surface area contributed by atoms with E-state index in [9.17, 15) is 5.11 Å². The van der Waals surface area contributed by atoms with Gasteiger partial charge in [0.15, 0.2) is 0 Å². The van der Waals surface area contributed by atoms with Crippen LogP contribution in [0.1, 0.15) is 18.7 Å². The van der Waals surface area contributed by atoms with E-state index < -0.39 is 0 Å². The molecule has 1 aromatic rings. The molecule has 0 aliphatic carbocycles. The van der Waals surface area contributed by atoms with Gasteiger partial charge in [0.2, 0.25) is 0 Å². The molecule has 1 rings (SSSR count). The van der Waals surface area contributed by atoms with Crippen molar-refractivity contribution in [3.05, 3.63) is 30.1 Å². The van der Waals surface area contributed by atoms with Gasteiger partial charge in [0.1, 0.15) is 0 Å². The Hall–Kier alpha value is -0.970. The fourth-order valence-corrected chi connectivity index (χ4v) is 1.54. The zero-order chi connectivity index (χ0) is 12.0. The molecule has 0 saturated heterocycles. The predicted octanol–water partition coefficient (Wildman–Crippen LogP) is 0.655. The van der Waals surface area contributed by atoms with Crippen LogP contribution in [-0.2, 0) is 0 Å².